The summed E-state index contributed by atoms with van der Waals surface area (Å²) in [6, 6.07) is 8.38. The van der Waals surface area contributed by atoms with E-state index < -0.39 is 10.0 Å². The average molecular weight is 397 g/mol. The lowest BCUT2D eigenvalue weighted by Crippen LogP contribution is -2.30. The van der Waals surface area contributed by atoms with Crippen molar-refractivity contribution in [3.05, 3.63) is 48.4 Å². The summed E-state index contributed by atoms with van der Waals surface area (Å²) in [7, 11) is -3.93. The molecule has 2 aromatic heterocycles. The first kappa shape index (κ1) is 18.1. The van der Waals surface area contributed by atoms with Gasteiger partial charge in [-0.3, -0.25) is 4.68 Å². The van der Waals surface area contributed by atoms with Gasteiger partial charge in [0, 0.05) is 11.8 Å². The lowest BCUT2D eigenvalue weighted by atomic mass is 10.1. The second-order valence-electron chi connectivity index (χ2n) is 6.13. The minimum atomic E-state index is -3.93. The molecule has 10 nitrogen and oxygen atoms in total. The van der Waals surface area contributed by atoms with Crippen LogP contribution in [0.5, 0.6) is 0 Å². The molecule has 0 aliphatic carbocycles. The summed E-state index contributed by atoms with van der Waals surface area (Å²) < 4.78 is 30.5. The van der Waals surface area contributed by atoms with Crippen molar-refractivity contribution < 1.29 is 13.2 Å². The number of nitrogens with two attached hydrogens (primary N) is 1. The van der Waals surface area contributed by atoms with Crippen LogP contribution in [0.2, 0.25) is 0 Å². The number of ether oxygens (including phenoxy) is 1. The summed E-state index contributed by atoms with van der Waals surface area (Å²) in [5, 5.41) is 21.8. The van der Waals surface area contributed by atoms with Gasteiger partial charge in [-0.05, 0) is 12.1 Å². The summed E-state index contributed by atoms with van der Waals surface area (Å²) in [5.41, 5.74) is 1.55. The lowest BCUT2D eigenvalue weighted by Gasteiger charge is -2.25. The number of aromatic nitrogens is 4. The summed E-state index contributed by atoms with van der Waals surface area (Å²) in [6.07, 6.45) is 4.77. The molecule has 11 heteroatoms. The summed E-state index contributed by atoms with van der Waals surface area (Å²) in [6.45, 7) is 1.18. The third kappa shape index (κ3) is 3.44. The Morgan fingerprint density at radius 1 is 1.29 bits per heavy atom. The maximum Gasteiger partial charge on any atom is 0.240 e. The summed E-state index contributed by atoms with van der Waals surface area (Å²) in [4.78, 5) is 8.40. The largest absolute Gasteiger partial charge is 0.377 e. The SMILES string of the molecule is N#Cc1cnc(Nc2ccccc2S(N)(=O)=O)nc1-c1cnn(C2COC2)c1. The zero-order valence-electron chi connectivity index (χ0n) is 14.5. The molecule has 4 rings (SSSR count). The number of nitrogens with one attached hydrogen (secondary N) is 1. The van der Waals surface area contributed by atoms with Crippen molar-refractivity contribution in [3.63, 3.8) is 0 Å². The van der Waals surface area contributed by atoms with Crippen molar-refractivity contribution in [1.82, 2.24) is 19.7 Å². The molecule has 0 saturated carbocycles. The van der Waals surface area contributed by atoms with E-state index in [-0.39, 0.29) is 28.1 Å². The minimum Gasteiger partial charge on any atom is -0.377 e. The molecule has 3 N–H and O–H groups in total. The van der Waals surface area contributed by atoms with Crippen LogP contribution in [-0.4, -0.2) is 41.4 Å². The van der Waals surface area contributed by atoms with Gasteiger partial charge in [0.25, 0.3) is 0 Å². The number of anilines is 2. The van der Waals surface area contributed by atoms with E-state index >= 15 is 0 Å². The molecular formula is C17H15N7O3S. The van der Waals surface area contributed by atoms with E-state index in [1.165, 1.54) is 12.3 Å². The third-order valence-electron chi connectivity index (χ3n) is 4.22. The number of rotatable bonds is 5. The number of benzene rings is 1. The molecule has 28 heavy (non-hydrogen) atoms. The van der Waals surface area contributed by atoms with Crippen LogP contribution in [0, 0.1) is 11.3 Å². The van der Waals surface area contributed by atoms with Gasteiger partial charge in [-0.2, -0.15) is 10.4 Å². The Morgan fingerprint density at radius 2 is 2.07 bits per heavy atom. The van der Waals surface area contributed by atoms with E-state index in [4.69, 9.17) is 9.88 Å². The van der Waals surface area contributed by atoms with Gasteiger partial charge in [-0.15, -0.1) is 0 Å². The van der Waals surface area contributed by atoms with Gasteiger partial charge in [-0.25, -0.2) is 23.5 Å². The minimum absolute atomic E-state index is 0.0812. The van der Waals surface area contributed by atoms with Crippen molar-refractivity contribution in [2.45, 2.75) is 10.9 Å². The standard InChI is InChI=1S/C17H15N7O3S/c18-5-11-6-20-17(22-14-3-1-2-4-15(14)28(19,25)26)23-16(11)12-7-21-24(8-12)13-9-27-10-13/h1-4,6-8,13H,9-10H2,(H2,19,25,26)(H,20,22,23). The molecule has 0 atom stereocenters. The number of hydrogen-bond donors (Lipinski definition) is 2. The molecule has 1 aliphatic heterocycles. The van der Waals surface area contributed by atoms with Gasteiger partial charge in [0.05, 0.1) is 48.6 Å². The molecule has 0 amide bonds. The first-order valence-corrected chi connectivity index (χ1v) is 9.78. The molecule has 1 aliphatic rings. The molecule has 3 aromatic rings. The molecule has 3 heterocycles. The number of sulfonamides is 1. The van der Waals surface area contributed by atoms with Gasteiger partial charge < -0.3 is 10.1 Å². The van der Waals surface area contributed by atoms with Crippen molar-refractivity contribution >= 4 is 21.7 Å². The number of primary sulfonamides is 1. The number of para-hydroxylation sites is 1. The highest BCUT2D eigenvalue weighted by molar-refractivity contribution is 7.89. The highest BCUT2D eigenvalue weighted by Gasteiger charge is 2.22. The number of hydrogen-bond acceptors (Lipinski definition) is 8. The third-order valence-corrected chi connectivity index (χ3v) is 5.19. The number of nitriles is 1. The first-order chi connectivity index (χ1) is 13.5. The van der Waals surface area contributed by atoms with Crippen LogP contribution in [-0.2, 0) is 14.8 Å². The zero-order chi connectivity index (χ0) is 19.7. The van der Waals surface area contributed by atoms with Gasteiger partial charge in [0.1, 0.15) is 11.0 Å². The molecule has 0 unspecified atom stereocenters. The maximum atomic E-state index is 11.8. The maximum absolute atomic E-state index is 11.8. The van der Waals surface area contributed by atoms with E-state index in [9.17, 15) is 13.7 Å². The highest BCUT2D eigenvalue weighted by Crippen LogP contribution is 2.27. The molecule has 0 spiro atoms. The fraction of sp³-hybridized carbons (Fsp3) is 0.176. The average Bonchev–Trinajstić information content (AvgIpc) is 3.09. The van der Waals surface area contributed by atoms with Crippen LogP contribution in [0.4, 0.5) is 11.6 Å². The second-order valence-corrected chi connectivity index (χ2v) is 7.66. The first-order valence-electron chi connectivity index (χ1n) is 8.24. The molecular weight excluding hydrogens is 382 g/mol. The van der Waals surface area contributed by atoms with Crippen LogP contribution in [0.1, 0.15) is 11.6 Å². The lowest BCUT2D eigenvalue weighted by molar-refractivity contribution is -0.0286. The second kappa shape index (κ2) is 7.01. The van der Waals surface area contributed by atoms with Gasteiger partial charge in [0.2, 0.25) is 16.0 Å². The molecule has 0 radical (unpaired) electrons. The van der Waals surface area contributed by atoms with Crippen molar-refractivity contribution in [2.75, 3.05) is 18.5 Å². The molecule has 0 bridgehead atoms. The van der Waals surface area contributed by atoms with Crippen LogP contribution < -0.4 is 10.5 Å². The molecule has 1 fully saturated rings. The molecule has 1 saturated heterocycles. The summed E-state index contributed by atoms with van der Waals surface area (Å²) >= 11 is 0. The quantitative estimate of drug-likeness (QED) is 0.652. The normalized spacial score (nSPS) is 14.3. The van der Waals surface area contributed by atoms with Crippen LogP contribution in [0.3, 0.4) is 0 Å². The Bertz CT molecular complexity index is 1180. The van der Waals surface area contributed by atoms with Crippen LogP contribution in [0.15, 0.2) is 47.8 Å². The number of nitrogens with zero attached hydrogens (tertiary/aromatic N) is 5. The van der Waals surface area contributed by atoms with Gasteiger partial charge in [0.15, 0.2) is 0 Å². The predicted molar refractivity (Wildman–Crippen MR) is 98.9 cm³/mol. The Balaban J connectivity index is 1.70. The van der Waals surface area contributed by atoms with Gasteiger partial charge >= 0.3 is 0 Å². The Hall–Kier alpha value is -3.33. The van der Waals surface area contributed by atoms with E-state index in [1.807, 2.05) is 0 Å². The highest BCUT2D eigenvalue weighted by atomic mass is 32.2. The Labute approximate surface area is 160 Å². The smallest absolute Gasteiger partial charge is 0.240 e. The predicted octanol–water partition coefficient (Wildman–Crippen LogP) is 1.17. The van der Waals surface area contributed by atoms with Crippen molar-refractivity contribution in [1.29, 1.82) is 5.26 Å². The Morgan fingerprint density at radius 3 is 2.75 bits per heavy atom. The van der Waals surface area contributed by atoms with Crippen LogP contribution in [0.25, 0.3) is 11.3 Å². The fourth-order valence-corrected chi connectivity index (χ4v) is 3.41. The van der Waals surface area contributed by atoms with E-state index in [0.29, 0.717) is 24.5 Å². The summed E-state index contributed by atoms with van der Waals surface area (Å²) in [5.74, 6) is 0.129. The van der Waals surface area contributed by atoms with E-state index in [0.717, 1.165) is 0 Å². The van der Waals surface area contributed by atoms with Crippen molar-refractivity contribution in [3.8, 4) is 17.3 Å². The fourth-order valence-electron chi connectivity index (χ4n) is 2.72. The zero-order valence-corrected chi connectivity index (χ0v) is 15.3. The van der Waals surface area contributed by atoms with E-state index in [2.05, 4.69) is 26.5 Å². The van der Waals surface area contributed by atoms with Gasteiger partial charge in [-0.1, -0.05) is 12.1 Å². The monoisotopic (exact) mass is 397 g/mol. The van der Waals surface area contributed by atoms with E-state index in [1.54, 1.807) is 35.3 Å². The van der Waals surface area contributed by atoms with Crippen LogP contribution >= 0.6 is 0 Å². The van der Waals surface area contributed by atoms with Crippen molar-refractivity contribution in [2.24, 2.45) is 5.14 Å². The molecule has 142 valence electrons. The molecule has 1 aromatic carbocycles. The Kier molecular flexibility index (Phi) is 4.52. The topological polar surface area (TPSA) is 149 Å².